The molecule has 2 saturated carbocycles. The van der Waals surface area contributed by atoms with Gasteiger partial charge in [0.15, 0.2) is 11.6 Å². The number of anilines is 3. The molecule has 0 spiro atoms. The molecule has 2 amide bonds. The third-order valence-electron chi connectivity index (χ3n) is 15.0. The van der Waals surface area contributed by atoms with E-state index in [2.05, 4.69) is 46.8 Å². The Kier molecular flexibility index (Phi) is 17.0. The fourth-order valence-electron chi connectivity index (χ4n) is 10.9. The quantitative estimate of drug-likeness (QED) is 0.0429. The number of rotatable bonds is 20. The number of aryl methyl sites for hydroxylation is 2. The summed E-state index contributed by atoms with van der Waals surface area (Å²) in [5, 5.41) is 20.6. The first-order valence-corrected chi connectivity index (χ1v) is 26.8. The highest BCUT2D eigenvalue weighted by Gasteiger charge is 2.46. The summed E-state index contributed by atoms with van der Waals surface area (Å²) in [6.45, 7) is 16.0. The van der Waals surface area contributed by atoms with Gasteiger partial charge in [-0.25, -0.2) is 15.0 Å². The van der Waals surface area contributed by atoms with Crippen LogP contribution in [0.2, 0.25) is 0 Å². The van der Waals surface area contributed by atoms with Crippen molar-refractivity contribution in [3.05, 3.63) is 87.0 Å². The van der Waals surface area contributed by atoms with Crippen LogP contribution in [0.3, 0.4) is 0 Å². The van der Waals surface area contributed by atoms with E-state index in [4.69, 9.17) is 4.98 Å². The number of fused-ring (bicyclic) bond motifs is 1. The lowest BCUT2D eigenvalue weighted by molar-refractivity contribution is -0.137. The zero-order chi connectivity index (χ0) is 51.1. The maximum absolute atomic E-state index is 14.1. The van der Waals surface area contributed by atoms with Crippen LogP contribution < -0.4 is 26.4 Å². The predicted molar refractivity (Wildman–Crippen MR) is 283 cm³/mol. The Hall–Kier alpha value is -5.91. The molecule has 5 heterocycles. The van der Waals surface area contributed by atoms with Gasteiger partial charge < -0.3 is 26.0 Å². The number of amides is 2. The van der Waals surface area contributed by atoms with Crippen molar-refractivity contribution in [2.24, 2.45) is 17.3 Å². The minimum Gasteiger partial charge on any atom is -0.393 e. The molecule has 384 valence electrons. The molecule has 3 fully saturated rings. The summed E-state index contributed by atoms with van der Waals surface area (Å²) in [5.41, 5.74) is 6.39. The molecule has 1 aromatic carbocycles. The molecule has 8 rings (SSSR count). The van der Waals surface area contributed by atoms with Gasteiger partial charge in [-0.1, -0.05) is 77.1 Å². The number of unbranched alkanes of at least 4 members (excludes halogenated alkanes) is 4. The van der Waals surface area contributed by atoms with Crippen LogP contribution in [0, 0.1) is 31.1 Å². The van der Waals surface area contributed by atoms with Crippen molar-refractivity contribution < 1.29 is 24.3 Å². The van der Waals surface area contributed by atoms with Gasteiger partial charge in [-0.15, -0.1) is 11.3 Å². The average Bonchev–Trinajstić information content (AvgIpc) is 4.14. The lowest BCUT2D eigenvalue weighted by Crippen LogP contribution is -2.52. The summed E-state index contributed by atoms with van der Waals surface area (Å²) >= 11 is 1.59. The highest BCUT2D eigenvalue weighted by Crippen LogP contribution is 2.37. The van der Waals surface area contributed by atoms with Crippen LogP contribution in [0.25, 0.3) is 21.5 Å². The number of nitrogens with zero attached hydrogens (tertiary/aromatic N) is 7. The third-order valence-corrected chi connectivity index (χ3v) is 16.0. The van der Waals surface area contributed by atoms with Crippen LogP contribution in [0.4, 0.5) is 17.5 Å². The number of Topliss-reactive ketones (excluding diaryl/α,β-unsaturated/α-hetero) is 2. The second-order valence-electron chi connectivity index (χ2n) is 21.3. The summed E-state index contributed by atoms with van der Waals surface area (Å²) < 4.78 is 1.72. The Bertz CT molecular complexity index is 2770. The molecule has 17 heteroatoms. The second-order valence-corrected chi connectivity index (χ2v) is 22.1. The van der Waals surface area contributed by atoms with E-state index >= 15 is 0 Å². The van der Waals surface area contributed by atoms with Crippen molar-refractivity contribution in [3.8, 4) is 10.4 Å². The number of carbonyl (C=O) groups excluding carboxylic acids is 4. The van der Waals surface area contributed by atoms with Crippen molar-refractivity contribution >= 4 is 63.2 Å². The molecule has 1 unspecified atom stereocenters. The summed E-state index contributed by atoms with van der Waals surface area (Å²) in [7, 11) is 0. The highest BCUT2D eigenvalue weighted by molar-refractivity contribution is 7.13. The maximum Gasteiger partial charge on any atom is 0.263 e. The monoisotopic (exact) mass is 1000 g/mol. The van der Waals surface area contributed by atoms with E-state index < -0.39 is 29.4 Å². The van der Waals surface area contributed by atoms with Crippen LogP contribution in [0.15, 0.2) is 59.1 Å². The maximum atomic E-state index is 14.1. The van der Waals surface area contributed by atoms with E-state index in [9.17, 15) is 29.1 Å². The molecular weight excluding hydrogens is 929 g/mol. The molecule has 1 aliphatic heterocycles. The number of aliphatic hydroxyl groups excluding tert-OH is 1. The number of nitrogens with one attached hydrogen (secondary N) is 3. The van der Waals surface area contributed by atoms with E-state index in [0.717, 1.165) is 118 Å². The van der Waals surface area contributed by atoms with Crippen LogP contribution >= 0.6 is 11.3 Å². The van der Waals surface area contributed by atoms with Gasteiger partial charge in [-0.3, -0.25) is 33.4 Å². The second kappa shape index (κ2) is 23.3. The summed E-state index contributed by atoms with van der Waals surface area (Å²) in [6, 6.07) is 11.2. The highest BCUT2D eigenvalue weighted by atomic mass is 32.1. The normalized spacial score (nSPS) is 19.2. The molecular formula is C55H72N10O6S. The fourth-order valence-corrected chi connectivity index (χ4v) is 11.7. The molecule has 16 nitrogen and oxygen atoms in total. The average molecular weight is 1000 g/mol. The molecule has 4 atom stereocenters. The summed E-state index contributed by atoms with van der Waals surface area (Å²) in [5.74, 6) is -1.26. The zero-order valence-corrected chi connectivity index (χ0v) is 43.7. The largest absolute Gasteiger partial charge is 0.393 e. The molecule has 0 radical (unpaired) electrons. The number of aliphatic hydroxyl groups is 1. The van der Waals surface area contributed by atoms with Gasteiger partial charge in [-0.2, -0.15) is 4.98 Å². The minimum atomic E-state index is -0.776. The molecule has 5 aromatic rings. The third kappa shape index (κ3) is 12.5. The van der Waals surface area contributed by atoms with Crippen molar-refractivity contribution in [2.75, 3.05) is 42.9 Å². The van der Waals surface area contributed by atoms with Gasteiger partial charge in [0.05, 0.1) is 51.6 Å². The SMILES string of the molecule is CC(=O)c1c(C)c2cnc(Nc3ccc(N4CCN(CCCCCCCC(=O)N[C@H](C(=O)C5C[C@H](O)C[C@H]5C(=O)NCc5ccc(-c6scnc6C)cc5)C(C)(C)C)CC4)cn3)nc2n(C2CCCC2)c1=O. The Morgan fingerprint density at radius 3 is 2.24 bits per heavy atom. The molecule has 72 heavy (non-hydrogen) atoms. The Morgan fingerprint density at radius 2 is 1.57 bits per heavy atom. The van der Waals surface area contributed by atoms with Crippen molar-refractivity contribution in [1.82, 2.24) is 40.0 Å². The molecule has 2 aliphatic carbocycles. The number of benzene rings is 1. The first kappa shape index (κ1) is 52.4. The number of carbonyl (C=O) groups is 4. The number of thiazole rings is 1. The van der Waals surface area contributed by atoms with Crippen molar-refractivity contribution in [2.45, 2.75) is 143 Å². The number of ketones is 2. The van der Waals surface area contributed by atoms with Gasteiger partial charge in [0.2, 0.25) is 17.8 Å². The Labute approximate surface area is 426 Å². The lowest BCUT2D eigenvalue weighted by atomic mass is 9.77. The minimum absolute atomic E-state index is 0.00607. The van der Waals surface area contributed by atoms with Crippen LogP contribution in [0.5, 0.6) is 0 Å². The van der Waals surface area contributed by atoms with Gasteiger partial charge in [-0.05, 0) is 100 Å². The number of pyridine rings is 2. The summed E-state index contributed by atoms with van der Waals surface area (Å²) in [6.07, 6.45) is 12.2. The first-order valence-electron chi connectivity index (χ1n) is 26.0. The van der Waals surface area contributed by atoms with E-state index in [0.29, 0.717) is 41.3 Å². The van der Waals surface area contributed by atoms with Crippen LogP contribution in [-0.2, 0) is 20.9 Å². The molecule has 1 saturated heterocycles. The standard InChI is InChI=1S/C55H72N10O6S/c1-34-44-32-58-54(62-51(44)65(39-14-11-12-15-39)53(71)47(34)36(3)66)60-45-22-21-40(31-56-45)64-26-24-63(25-27-64)23-13-9-7-8-10-16-46(68)61-50(55(4,5)6)48(69)42-28-41(67)29-43(42)52(70)57-30-37-17-19-38(20-18-37)49-35(2)59-33-72-49/h17-22,31-33,39,41-43,50,67H,7-16,23-30H2,1-6H3,(H,57,70)(H,61,68)(H,56,58,60,62)/t41-,42?,43+,50+/m0/s1. The Morgan fingerprint density at radius 1 is 0.861 bits per heavy atom. The van der Waals surface area contributed by atoms with Gasteiger partial charge in [0, 0.05) is 62.7 Å². The van der Waals surface area contributed by atoms with E-state index in [1.807, 2.05) is 69.7 Å². The molecule has 4 N–H and O–H groups in total. The van der Waals surface area contributed by atoms with Crippen LogP contribution in [-0.4, -0.2) is 103 Å². The van der Waals surface area contributed by atoms with Crippen molar-refractivity contribution in [1.29, 1.82) is 0 Å². The van der Waals surface area contributed by atoms with Crippen LogP contribution in [0.1, 0.15) is 138 Å². The smallest absolute Gasteiger partial charge is 0.263 e. The molecule has 3 aliphatic rings. The van der Waals surface area contributed by atoms with E-state index in [1.54, 1.807) is 29.0 Å². The first-order chi connectivity index (χ1) is 34.5. The van der Waals surface area contributed by atoms with E-state index in [1.165, 1.54) is 6.92 Å². The predicted octanol–water partition coefficient (Wildman–Crippen LogP) is 8.25. The van der Waals surface area contributed by atoms with Gasteiger partial charge >= 0.3 is 0 Å². The molecule has 0 bridgehead atoms. The van der Waals surface area contributed by atoms with Gasteiger partial charge in [0.25, 0.3) is 5.56 Å². The lowest BCUT2D eigenvalue weighted by Gasteiger charge is -2.36. The zero-order valence-electron chi connectivity index (χ0n) is 42.8. The summed E-state index contributed by atoms with van der Waals surface area (Å²) in [4.78, 5) is 91.4. The van der Waals surface area contributed by atoms with Crippen molar-refractivity contribution in [3.63, 3.8) is 0 Å². The van der Waals surface area contributed by atoms with Gasteiger partial charge in [0.1, 0.15) is 11.5 Å². The number of hydrogen-bond acceptors (Lipinski definition) is 14. The number of hydrogen-bond donors (Lipinski definition) is 4. The molecule has 4 aromatic heterocycles. The topological polar surface area (TPSA) is 205 Å². The number of piperazine rings is 1. The fraction of sp³-hybridized carbons (Fsp3) is 0.545. The van der Waals surface area contributed by atoms with E-state index in [-0.39, 0.29) is 53.4 Å². The Balaban J connectivity index is 0.732. The number of aromatic nitrogens is 5.